The number of benzene rings is 2. The molecule has 8 heteroatoms. The highest BCUT2D eigenvalue weighted by molar-refractivity contribution is 7.20. The van der Waals surface area contributed by atoms with E-state index in [0.717, 1.165) is 28.7 Å². The molecule has 2 aromatic carbocycles. The molecule has 0 aliphatic carbocycles. The third-order valence-electron chi connectivity index (χ3n) is 5.08. The average Bonchev–Trinajstić information content (AvgIpc) is 3.38. The van der Waals surface area contributed by atoms with Gasteiger partial charge in [0.2, 0.25) is 5.78 Å². The number of Topliss-reactive ketones (excluding diaryl/α,β-unsaturated/α-hetero) is 1. The molecule has 3 aromatic rings. The SMILES string of the molecule is N[C@@H]1CCN(C[C@H](NC(=O)OCc2ccccc2)C(=O)c2nc3ccccc3s2)C1. The van der Waals surface area contributed by atoms with Crippen LogP contribution in [0.25, 0.3) is 10.2 Å². The minimum Gasteiger partial charge on any atom is -0.445 e. The lowest BCUT2D eigenvalue weighted by Crippen LogP contribution is -2.48. The summed E-state index contributed by atoms with van der Waals surface area (Å²) < 4.78 is 6.27. The molecule has 156 valence electrons. The number of alkyl carbamates (subject to hydrolysis) is 1. The number of aromatic nitrogens is 1. The number of nitrogens with one attached hydrogen (secondary N) is 1. The molecule has 1 fully saturated rings. The maximum absolute atomic E-state index is 13.2. The number of nitrogens with zero attached hydrogens (tertiary/aromatic N) is 2. The van der Waals surface area contributed by atoms with Gasteiger partial charge in [-0.1, -0.05) is 42.5 Å². The number of para-hydroxylation sites is 1. The fraction of sp³-hybridized carbons (Fsp3) is 0.318. The molecular weight excluding hydrogens is 400 g/mol. The first-order chi connectivity index (χ1) is 14.6. The Kier molecular flexibility index (Phi) is 6.37. The van der Waals surface area contributed by atoms with Crippen LogP contribution < -0.4 is 11.1 Å². The van der Waals surface area contributed by atoms with E-state index in [1.54, 1.807) is 0 Å². The first-order valence-electron chi connectivity index (χ1n) is 9.93. The Balaban J connectivity index is 1.46. The molecule has 7 nitrogen and oxygen atoms in total. The monoisotopic (exact) mass is 424 g/mol. The third-order valence-corrected chi connectivity index (χ3v) is 6.13. The van der Waals surface area contributed by atoms with E-state index in [9.17, 15) is 9.59 Å². The van der Waals surface area contributed by atoms with E-state index in [1.807, 2.05) is 54.6 Å². The van der Waals surface area contributed by atoms with Crippen molar-refractivity contribution in [1.82, 2.24) is 15.2 Å². The van der Waals surface area contributed by atoms with Gasteiger partial charge in [0.15, 0.2) is 5.01 Å². The van der Waals surface area contributed by atoms with Crippen LogP contribution in [0.2, 0.25) is 0 Å². The molecule has 3 N–H and O–H groups in total. The zero-order valence-electron chi connectivity index (χ0n) is 16.5. The van der Waals surface area contributed by atoms with Crippen molar-refractivity contribution in [3.63, 3.8) is 0 Å². The zero-order chi connectivity index (χ0) is 20.9. The Morgan fingerprint density at radius 1 is 1.20 bits per heavy atom. The van der Waals surface area contributed by atoms with Gasteiger partial charge < -0.3 is 15.8 Å². The minimum absolute atomic E-state index is 0.0910. The highest BCUT2D eigenvalue weighted by Crippen LogP contribution is 2.23. The van der Waals surface area contributed by atoms with E-state index in [4.69, 9.17) is 10.5 Å². The lowest BCUT2D eigenvalue weighted by molar-refractivity contribution is 0.0889. The van der Waals surface area contributed by atoms with Gasteiger partial charge in [-0.3, -0.25) is 9.69 Å². The van der Waals surface area contributed by atoms with E-state index in [0.29, 0.717) is 18.1 Å². The Morgan fingerprint density at radius 3 is 2.70 bits per heavy atom. The Hall–Kier alpha value is -2.81. The molecule has 1 aliphatic heterocycles. The first-order valence-corrected chi connectivity index (χ1v) is 10.7. The summed E-state index contributed by atoms with van der Waals surface area (Å²) in [6.07, 6.45) is 0.252. The number of rotatable bonds is 7. The van der Waals surface area contributed by atoms with E-state index >= 15 is 0 Å². The molecule has 1 saturated heterocycles. The van der Waals surface area contributed by atoms with Gasteiger partial charge in [-0.05, 0) is 30.7 Å². The Labute approximate surface area is 178 Å². The maximum atomic E-state index is 13.2. The standard InChI is InChI=1S/C22H24N4O3S/c23-16-10-11-26(12-16)13-18(25-22(28)29-14-15-6-2-1-3-7-15)20(27)21-24-17-8-4-5-9-19(17)30-21/h1-9,16,18H,10-14,23H2,(H,25,28)/t16-,18+/m1/s1. The molecule has 1 aliphatic rings. The van der Waals surface area contributed by atoms with Crippen molar-refractivity contribution in [3.05, 3.63) is 65.2 Å². The number of amides is 1. The van der Waals surface area contributed by atoms with Gasteiger partial charge in [0, 0.05) is 19.1 Å². The van der Waals surface area contributed by atoms with Crippen molar-refractivity contribution in [3.8, 4) is 0 Å². The van der Waals surface area contributed by atoms with Crippen LogP contribution in [-0.4, -0.2) is 53.5 Å². The van der Waals surface area contributed by atoms with Gasteiger partial charge in [0.1, 0.15) is 12.6 Å². The number of carbonyl (C=O) groups is 2. The molecule has 2 atom stereocenters. The van der Waals surface area contributed by atoms with E-state index in [1.165, 1.54) is 11.3 Å². The van der Waals surface area contributed by atoms with Gasteiger partial charge >= 0.3 is 6.09 Å². The summed E-state index contributed by atoms with van der Waals surface area (Å²) in [6, 6.07) is 16.4. The van der Waals surface area contributed by atoms with Crippen LogP contribution in [0, 0.1) is 0 Å². The Bertz CT molecular complexity index is 990. The van der Waals surface area contributed by atoms with Gasteiger partial charge in [-0.15, -0.1) is 11.3 Å². The third kappa shape index (κ3) is 5.02. The summed E-state index contributed by atoms with van der Waals surface area (Å²) in [6.45, 7) is 2.02. The number of hydrogen-bond donors (Lipinski definition) is 2. The van der Waals surface area contributed by atoms with Crippen molar-refractivity contribution in [1.29, 1.82) is 0 Å². The molecule has 0 bridgehead atoms. The molecule has 0 saturated carbocycles. The summed E-state index contributed by atoms with van der Waals surface area (Å²) in [5.74, 6) is -0.215. The zero-order valence-corrected chi connectivity index (χ0v) is 17.3. The molecule has 1 amide bonds. The smallest absolute Gasteiger partial charge is 0.408 e. The molecule has 30 heavy (non-hydrogen) atoms. The summed E-state index contributed by atoms with van der Waals surface area (Å²) >= 11 is 1.33. The number of ether oxygens (including phenoxy) is 1. The molecular formula is C22H24N4O3S. The topological polar surface area (TPSA) is 97.5 Å². The predicted octanol–water partition coefficient (Wildman–Crippen LogP) is 2.81. The second-order valence-electron chi connectivity index (χ2n) is 7.42. The van der Waals surface area contributed by atoms with E-state index in [2.05, 4.69) is 15.2 Å². The van der Waals surface area contributed by atoms with Crippen molar-refractivity contribution in [2.45, 2.75) is 25.1 Å². The molecule has 2 heterocycles. The number of nitrogens with two attached hydrogens (primary N) is 1. The van der Waals surface area contributed by atoms with Gasteiger partial charge in [0.05, 0.1) is 10.2 Å². The Morgan fingerprint density at radius 2 is 1.97 bits per heavy atom. The number of hydrogen-bond acceptors (Lipinski definition) is 7. The summed E-state index contributed by atoms with van der Waals surface area (Å²) in [5, 5.41) is 3.13. The van der Waals surface area contributed by atoms with Crippen LogP contribution in [-0.2, 0) is 11.3 Å². The molecule has 4 rings (SSSR count). The molecule has 0 spiro atoms. The second kappa shape index (κ2) is 9.34. The molecule has 0 unspecified atom stereocenters. The van der Waals surface area contributed by atoms with E-state index in [-0.39, 0.29) is 18.4 Å². The van der Waals surface area contributed by atoms with E-state index < -0.39 is 12.1 Å². The normalized spacial score (nSPS) is 17.7. The number of thiazole rings is 1. The quantitative estimate of drug-likeness (QED) is 0.566. The fourth-order valence-electron chi connectivity index (χ4n) is 3.51. The maximum Gasteiger partial charge on any atom is 0.408 e. The lowest BCUT2D eigenvalue weighted by atomic mass is 10.2. The largest absolute Gasteiger partial charge is 0.445 e. The van der Waals surface area contributed by atoms with Crippen LogP contribution >= 0.6 is 11.3 Å². The number of fused-ring (bicyclic) bond motifs is 1. The minimum atomic E-state index is -0.751. The average molecular weight is 425 g/mol. The highest BCUT2D eigenvalue weighted by atomic mass is 32.1. The van der Waals surface area contributed by atoms with Crippen LogP contribution in [0.15, 0.2) is 54.6 Å². The molecule has 1 aromatic heterocycles. The van der Waals surface area contributed by atoms with Crippen molar-refractivity contribution < 1.29 is 14.3 Å². The van der Waals surface area contributed by atoms with Crippen molar-refractivity contribution >= 4 is 33.4 Å². The van der Waals surface area contributed by atoms with Crippen LogP contribution in [0.5, 0.6) is 0 Å². The van der Waals surface area contributed by atoms with Crippen molar-refractivity contribution in [2.75, 3.05) is 19.6 Å². The highest BCUT2D eigenvalue weighted by Gasteiger charge is 2.30. The van der Waals surface area contributed by atoms with Crippen LogP contribution in [0.3, 0.4) is 0 Å². The first kappa shape index (κ1) is 20.5. The van der Waals surface area contributed by atoms with Gasteiger partial charge in [0.25, 0.3) is 0 Å². The molecule has 0 radical (unpaired) electrons. The predicted molar refractivity (Wildman–Crippen MR) is 117 cm³/mol. The number of ketones is 1. The summed E-state index contributed by atoms with van der Waals surface area (Å²) in [5.41, 5.74) is 7.66. The number of likely N-dealkylation sites (tertiary alicyclic amines) is 1. The lowest BCUT2D eigenvalue weighted by Gasteiger charge is -2.22. The van der Waals surface area contributed by atoms with Gasteiger partial charge in [-0.25, -0.2) is 9.78 Å². The summed E-state index contributed by atoms with van der Waals surface area (Å²) in [4.78, 5) is 32.2. The fourth-order valence-corrected chi connectivity index (χ4v) is 4.47. The van der Waals surface area contributed by atoms with Gasteiger partial charge in [-0.2, -0.15) is 0 Å². The van der Waals surface area contributed by atoms with Crippen LogP contribution in [0.1, 0.15) is 21.8 Å². The summed E-state index contributed by atoms with van der Waals surface area (Å²) in [7, 11) is 0. The number of carbonyl (C=O) groups excluding carboxylic acids is 2. The van der Waals surface area contributed by atoms with Crippen LogP contribution in [0.4, 0.5) is 4.79 Å². The van der Waals surface area contributed by atoms with Crippen molar-refractivity contribution in [2.24, 2.45) is 5.73 Å². The second-order valence-corrected chi connectivity index (χ2v) is 8.45.